The second kappa shape index (κ2) is 5.97. The van der Waals surface area contributed by atoms with Crippen molar-refractivity contribution in [2.45, 2.75) is 6.04 Å². The Bertz CT molecular complexity index is 648. The predicted octanol–water partition coefficient (Wildman–Crippen LogP) is 2.94. The van der Waals surface area contributed by atoms with Crippen LogP contribution in [0.1, 0.15) is 11.6 Å². The molecule has 2 rings (SSSR count). The molecule has 0 heterocycles. The summed E-state index contributed by atoms with van der Waals surface area (Å²) in [6.07, 6.45) is 0. The summed E-state index contributed by atoms with van der Waals surface area (Å²) < 4.78 is 43.8. The highest BCUT2D eigenvalue weighted by molar-refractivity contribution is 5.77. The largest absolute Gasteiger partial charge is 0.468 e. The normalized spacial score (nSPS) is 12.0. The van der Waals surface area contributed by atoms with Crippen LogP contribution in [-0.2, 0) is 9.53 Å². The van der Waals surface area contributed by atoms with E-state index in [1.165, 1.54) is 31.4 Å². The van der Waals surface area contributed by atoms with Gasteiger partial charge in [0.2, 0.25) is 0 Å². The van der Waals surface area contributed by atoms with Crippen LogP contribution in [0.15, 0.2) is 36.4 Å². The molecule has 0 spiro atoms. The summed E-state index contributed by atoms with van der Waals surface area (Å²) in [5.41, 5.74) is 6.81. The molecule has 6 heteroatoms. The standard InChI is InChI=1S/C15H12F3NO2/c1-21-15(20)14(19)9-4-2-8(3-5-9)10-6-11(16)13(18)12(17)7-10/h2-7,14H,19H2,1H3. The highest BCUT2D eigenvalue weighted by Gasteiger charge is 2.16. The second-order valence-electron chi connectivity index (χ2n) is 4.38. The maximum Gasteiger partial charge on any atom is 0.327 e. The number of nitrogens with two attached hydrogens (primary N) is 1. The van der Waals surface area contributed by atoms with Gasteiger partial charge < -0.3 is 10.5 Å². The first-order valence-electron chi connectivity index (χ1n) is 6.02. The third-order valence-corrected chi connectivity index (χ3v) is 3.04. The molecule has 0 amide bonds. The Morgan fingerprint density at radius 1 is 1.05 bits per heavy atom. The lowest BCUT2D eigenvalue weighted by molar-refractivity contribution is -0.142. The molecule has 2 N–H and O–H groups in total. The molecule has 2 aromatic rings. The fourth-order valence-corrected chi connectivity index (χ4v) is 1.87. The van der Waals surface area contributed by atoms with E-state index in [2.05, 4.69) is 4.74 Å². The molecule has 1 atom stereocenters. The van der Waals surface area contributed by atoms with Crippen molar-refractivity contribution >= 4 is 5.97 Å². The molecule has 0 bridgehead atoms. The van der Waals surface area contributed by atoms with E-state index in [4.69, 9.17) is 5.73 Å². The van der Waals surface area contributed by atoms with Gasteiger partial charge in [-0.1, -0.05) is 24.3 Å². The SMILES string of the molecule is COC(=O)C(N)c1ccc(-c2cc(F)c(F)c(F)c2)cc1. The third kappa shape index (κ3) is 3.05. The first-order chi connectivity index (χ1) is 9.93. The van der Waals surface area contributed by atoms with Gasteiger partial charge >= 0.3 is 5.97 Å². The Morgan fingerprint density at radius 3 is 2.05 bits per heavy atom. The molecular weight excluding hydrogens is 283 g/mol. The maximum atomic E-state index is 13.2. The van der Waals surface area contributed by atoms with Gasteiger partial charge in [0, 0.05) is 0 Å². The minimum absolute atomic E-state index is 0.185. The Balaban J connectivity index is 2.33. The summed E-state index contributed by atoms with van der Waals surface area (Å²) >= 11 is 0. The number of esters is 1. The number of hydrogen-bond acceptors (Lipinski definition) is 3. The fraction of sp³-hybridized carbons (Fsp3) is 0.133. The summed E-state index contributed by atoms with van der Waals surface area (Å²) in [6.45, 7) is 0. The van der Waals surface area contributed by atoms with Crippen LogP contribution >= 0.6 is 0 Å². The minimum atomic E-state index is -1.51. The monoisotopic (exact) mass is 295 g/mol. The molecule has 0 saturated heterocycles. The van der Waals surface area contributed by atoms with Crippen molar-refractivity contribution < 1.29 is 22.7 Å². The van der Waals surface area contributed by atoms with Crippen molar-refractivity contribution in [3.63, 3.8) is 0 Å². The summed E-state index contributed by atoms with van der Waals surface area (Å²) in [5.74, 6) is -4.63. The topological polar surface area (TPSA) is 52.3 Å². The molecule has 0 aliphatic rings. The number of hydrogen-bond donors (Lipinski definition) is 1. The third-order valence-electron chi connectivity index (χ3n) is 3.04. The van der Waals surface area contributed by atoms with Crippen LogP contribution in [0.4, 0.5) is 13.2 Å². The average molecular weight is 295 g/mol. The number of halogens is 3. The number of ether oxygens (including phenoxy) is 1. The van der Waals surface area contributed by atoms with Crippen molar-refractivity contribution in [2.24, 2.45) is 5.73 Å². The number of carbonyl (C=O) groups is 1. The van der Waals surface area contributed by atoms with Crippen LogP contribution in [-0.4, -0.2) is 13.1 Å². The Morgan fingerprint density at radius 2 is 1.57 bits per heavy atom. The summed E-state index contributed by atoms with van der Waals surface area (Å²) in [6, 6.07) is 6.99. The van der Waals surface area contributed by atoms with Crippen LogP contribution in [0.3, 0.4) is 0 Å². The molecule has 0 aliphatic heterocycles. The van der Waals surface area contributed by atoms with E-state index >= 15 is 0 Å². The van der Waals surface area contributed by atoms with E-state index in [1.54, 1.807) is 0 Å². The maximum absolute atomic E-state index is 13.2. The van der Waals surface area contributed by atoms with Crippen molar-refractivity contribution in [1.29, 1.82) is 0 Å². The molecule has 1 unspecified atom stereocenters. The van der Waals surface area contributed by atoms with E-state index in [0.717, 1.165) is 12.1 Å². The lowest BCUT2D eigenvalue weighted by Gasteiger charge is -2.10. The molecule has 0 fully saturated rings. The van der Waals surface area contributed by atoms with Crippen molar-refractivity contribution in [3.05, 3.63) is 59.4 Å². The molecule has 0 aromatic heterocycles. The van der Waals surface area contributed by atoms with Crippen LogP contribution in [0.2, 0.25) is 0 Å². The zero-order valence-electron chi connectivity index (χ0n) is 11.1. The summed E-state index contributed by atoms with van der Waals surface area (Å²) in [5, 5.41) is 0. The number of benzene rings is 2. The van der Waals surface area contributed by atoms with E-state index in [-0.39, 0.29) is 5.56 Å². The number of methoxy groups -OCH3 is 1. The van der Waals surface area contributed by atoms with Gasteiger partial charge in [-0.25, -0.2) is 13.2 Å². The highest BCUT2D eigenvalue weighted by atomic mass is 19.2. The lowest BCUT2D eigenvalue weighted by Crippen LogP contribution is -2.22. The van der Waals surface area contributed by atoms with Crippen LogP contribution in [0.5, 0.6) is 0 Å². The molecular formula is C15H12F3NO2. The molecule has 3 nitrogen and oxygen atoms in total. The van der Waals surface area contributed by atoms with Crippen molar-refractivity contribution in [3.8, 4) is 11.1 Å². The minimum Gasteiger partial charge on any atom is -0.468 e. The van der Waals surface area contributed by atoms with Crippen molar-refractivity contribution in [2.75, 3.05) is 7.11 Å². The molecule has 0 aliphatic carbocycles. The van der Waals surface area contributed by atoms with Gasteiger partial charge in [0.05, 0.1) is 7.11 Å². The number of rotatable bonds is 3. The molecule has 0 radical (unpaired) electrons. The zero-order valence-corrected chi connectivity index (χ0v) is 11.1. The molecule has 21 heavy (non-hydrogen) atoms. The van der Waals surface area contributed by atoms with E-state index in [1.807, 2.05) is 0 Å². The highest BCUT2D eigenvalue weighted by Crippen LogP contribution is 2.25. The van der Waals surface area contributed by atoms with Crippen LogP contribution < -0.4 is 5.73 Å². The number of carbonyl (C=O) groups excluding carboxylic acids is 1. The smallest absolute Gasteiger partial charge is 0.327 e. The lowest BCUT2D eigenvalue weighted by atomic mass is 10.0. The van der Waals surface area contributed by atoms with Gasteiger partial charge in [0.1, 0.15) is 6.04 Å². The van der Waals surface area contributed by atoms with Gasteiger partial charge in [-0.3, -0.25) is 4.79 Å². The van der Waals surface area contributed by atoms with E-state index in [9.17, 15) is 18.0 Å². The van der Waals surface area contributed by atoms with Gasteiger partial charge in [0.15, 0.2) is 17.5 Å². The van der Waals surface area contributed by atoms with E-state index in [0.29, 0.717) is 11.1 Å². The average Bonchev–Trinajstić information content (AvgIpc) is 2.50. The summed E-state index contributed by atoms with van der Waals surface area (Å²) in [7, 11) is 1.22. The van der Waals surface area contributed by atoms with Crippen LogP contribution in [0.25, 0.3) is 11.1 Å². The summed E-state index contributed by atoms with van der Waals surface area (Å²) in [4.78, 5) is 11.3. The van der Waals surface area contributed by atoms with Gasteiger partial charge in [-0.15, -0.1) is 0 Å². The van der Waals surface area contributed by atoms with Gasteiger partial charge in [0.25, 0.3) is 0 Å². The van der Waals surface area contributed by atoms with E-state index < -0.39 is 29.5 Å². The Hall–Kier alpha value is -2.34. The molecule has 2 aromatic carbocycles. The Labute approximate surface area is 119 Å². The quantitative estimate of drug-likeness (QED) is 0.699. The van der Waals surface area contributed by atoms with Crippen LogP contribution in [0, 0.1) is 17.5 Å². The molecule has 110 valence electrons. The first-order valence-corrected chi connectivity index (χ1v) is 6.02. The Kier molecular flexibility index (Phi) is 4.28. The molecule has 0 saturated carbocycles. The van der Waals surface area contributed by atoms with Crippen molar-refractivity contribution in [1.82, 2.24) is 0 Å². The van der Waals surface area contributed by atoms with Gasteiger partial charge in [-0.05, 0) is 28.8 Å². The fourth-order valence-electron chi connectivity index (χ4n) is 1.87. The first kappa shape index (κ1) is 15.1. The predicted molar refractivity (Wildman–Crippen MR) is 70.7 cm³/mol. The van der Waals surface area contributed by atoms with Gasteiger partial charge in [-0.2, -0.15) is 0 Å². The zero-order chi connectivity index (χ0) is 15.6. The second-order valence-corrected chi connectivity index (χ2v) is 4.38.